The first-order valence-corrected chi connectivity index (χ1v) is 15.5. The molecule has 5 rings (SSSR count). The molecule has 13 heteroatoms. The van der Waals surface area contributed by atoms with Crippen LogP contribution in [0.5, 0.6) is 5.75 Å². The van der Waals surface area contributed by atoms with Gasteiger partial charge in [-0.15, -0.1) is 18.3 Å². The number of nitrogens with one attached hydrogen (secondary N) is 1. The Morgan fingerprint density at radius 3 is 2.56 bits per heavy atom. The number of nitrogens with zero attached hydrogens (tertiary/aromatic N) is 5. The number of aromatic nitrogens is 3. The third-order valence-corrected chi connectivity index (χ3v) is 8.11. The maximum absolute atomic E-state index is 13.9. The minimum Gasteiger partial charge on any atom is -0.406 e. The fourth-order valence-corrected chi connectivity index (χ4v) is 5.81. The normalized spacial score (nSPS) is 14.6. The number of carbonyl (C=O) groups is 1. The van der Waals surface area contributed by atoms with E-state index in [-0.39, 0.29) is 17.5 Å². The minimum absolute atomic E-state index is 0.122. The number of thioether (sulfide) groups is 1. The van der Waals surface area contributed by atoms with Gasteiger partial charge in [0.15, 0.2) is 11.0 Å². The summed E-state index contributed by atoms with van der Waals surface area (Å²) in [6.45, 7) is 5.20. The number of carbonyl (C=O) groups excluding carboxylic acids is 1. The first kappa shape index (κ1) is 32.0. The summed E-state index contributed by atoms with van der Waals surface area (Å²) in [4.78, 5) is 23.4. The molecule has 1 aliphatic rings. The van der Waals surface area contributed by atoms with Crippen molar-refractivity contribution < 1.29 is 27.1 Å². The van der Waals surface area contributed by atoms with Crippen molar-refractivity contribution in [3.63, 3.8) is 0 Å². The number of amides is 2. The van der Waals surface area contributed by atoms with E-state index >= 15 is 0 Å². The monoisotopic (exact) mass is 640 g/mol. The molecule has 0 unspecified atom stereocenters. The van der Waals surface area contributed by atoms with Crippen LogP contribution in [-0.2, 0) is 6.42 Å². The minimum atomic E-state index is -4.75. The average Bonchev–Trinajstić information content (AvgIpc) is 3.50. The summed E-state index contributed by atoms with van der Waals surface area (Å²) in [6, 6.07) is 17.4. The Morgan fingerprint density at radius 2 is 1.84 bits per heavy atom. The number of ether oxygens (including phenoxy) is 1. The fraction of sp³-hybridized carbons (Fsp3) is 0.312. The van der Waals surface area contributed by atoms with E-state index in [1.54, 1.807) is 12.1 Å². The number of halogens is 4. The van der Waals surface area contributed by atoms with Crippen LogP contribution < -0.4 is 15.0 Å². The van der Waals surface area contributed by atoms with Crippen molar-refractivity contribution >= 4 is 28.6 Å². The lowest BCUT2D eigenvalue weighted by atomic mass is 10.00. The maximum atomic E-state index is 13.9. The molecule has 0 spiro atoms. The zero-order valence-corrected chi connectivity index (χ0v) is 25.5. The van der Waals surface area contributed by atoms with Gasteiger partial charge in [0, 0.05) is 30.1 Å². The maximum Gasteiger partial charge on any atom is 0.573 e. The van der Waals surface area contributed by atoms with Crippen molar-refractivity contribution in [3.05, 3.63) is 90.0 Å². The number of hydrogen-bond acceptors (Lipinski definition) is 5. The number of urea groups is 1. The second-order valence-electron chi connectivity index (χ2n) is 10.7. The topological polar surface area (TPSA) is 84.6 Å². The third-order valence-electron chi connectivity index (χ3n) is 7.04. The predicted octanol–water partition coefficient (Wildman–Crippen LogP) is 7.74. The zero-order valence-electron chi connectivity index (χ0n) is 24.7. The summed E-state index contributed by atoms with van der Waals surface area (Å²) in [5.41, 5.74) is 4.16. The number of hydrogen-bond donors (Lipinski definition) is 1. The number of benzene rings is 3. The van der Waals surface area contributed by atoms with Crippen molar-refractivity contribution in [2.24, 2.45) is 4.99 Å². The molecular weight excluding hydrogens is 608 g/mol. The van der Waals surface area contributed by atoms with Gasteiger partial charge in [-0.25, -0.2) is 18.9 Å². The van der Waals surface area contributed by atoms with Crippen molar-refractivity contribution in [1.29, 1.82) is 0 Å². The molecule has 1 aliphatic heterocycles. The molecule has 0 bridgehead atoms. The zero-order chi connectivity index (χ0) is 32.0. The molecule has 2 amide bonds. The molecule has 1 saturated heterocycles. The van der Waals surface area contributed by atoms with E-state index in [2.05, 4.69) is 25.1 Å². The van der Waals surface area contributed by atoms with Crippen LogP contribution in [0.4, 0.5) is 28.0 Å². The van der Waals surface area contributed by atoms with Gasteiger partial charge in [-0.05, 0) is 78.8 Å². The van der Waals surface area contributed by atoms with Crippen LogP contribution in [0.3, 0.4) is 0 Å². The van der Waals surface area contributed by atoms with E-state index in [1.165, 1.54) is 53.1 Å². The van der Waals surface area contributed by atoms with E-state index in [0.29, 0.717) is 36.2 Å². The lowest BCUT2D eigenvalue weighted by molar-refractivity contribution is -0.274. The molecule has 0 aliphatic carbocycles. The Balaban J connectivity index is 1.12. The second-order valence-corrected chi connectivity index (χ2v) is 11.8. The lowest BCUT2D eigenvalue weighted by Crippen LogP contribution is -2.36. The second kappa shape index (κ2) is 14.1. The van der Waals surface area contributed by atoms with E-state index in [9.17, 15) is 22.4 Å². The Hall–Kier alpha value is -4.39. The van der Waals surface area contributed by atoms with E-state index < -0.39 is 12.4 Å². The summed E-state index contributed by atoms with van der Waals surface area (Å²) in [5, 5.41) is 7.92. The number of alkyl halides is 3. The van der Waals surface area contributed by atoms with Crippen molar-refractivity contribution in [1.82, 2.24) is 20.1 Å². The molecule has 1 fully saturated rings. The van der Waals surface area contributed by atoms with Gasteiger partial charge in [0.25, 0.3) is 0 Å². The summed E-state index contributed by atoms with van der Waals surface area (Å²) < 4.78 is 56.5. The number of aryl methyl sites for hydroxylation is 1. The number of aliphatic imine (C=N–C) groups is 1. The number of rotatable bonds is 9. The van der Waals surface area contributed by atoms with Crippen LogP contribution in [0.2, 0.25) is 0 Å². The van der Waals surface area contributed by atoms with Gasteiger partial charge in [0.2, 0.25) is 0 Å². The first-order valence-electron chi connectivity index (χ1n) is 14.5. The molecular formula is C32H32F4N6O2S. The van der Waals surface area contributed by atoms with Gasteiger partial charge in [-0.3, -0.25) is 0 Å². The molecule has 3 aromatic carbocycles. The van der Waals surface area contributed by atoms with Gasteiger partial charge < -0.3 is 15.0 Å². The molecule has 236 valence electrons. The van der Waals surface area contributed by atoms with E-state index in [1.807, 2.05) is 43.0 Å². The molecule has 1 aromatic heterocycles. The van der Waals surface area contributed by atoms with Gasteiger partial charge in [0.05, 0.1) is 5.69 Å². The van der Waals surface area contributed by atoms with Crippen molar-refractivity contribution in [2.75, 3.05) is 23.7 Å². The first-order chi connectivity index (χ1) is 21.6. The molecule has 1 N–H and O–H groups in total. The summed E-state index contributed by atoms with van der Waals surface area (Å²) in [5.74, 6) is 0.861. The van der Waals surface area contributed by atoms with Crippen LogP contribution >= 0.6 is 11.8 Å². The standard InChI is InChI=1S/C32H32F4N6O2S/c1-21(2)27-19-24(33)10-15-28(27)41-17-4-18-45-31(41)39-30(43)37-16-3-5-22-6-8-23(9-7-22)29-38-20-42(40-29)25-11-13-26(14-12-25)44-32(34,35)36/h6-15,19-21H,3-5,16-18H2,1-2H3,(H,37,43)/b39-31-. The lowest BCUT2D eigenvalue weighted by Gasteiger charge is -2.32. The molecule has 0 atom stereocenters. The van der Waals surface area contributed by atoms with Crippen LogP contribution in [0, 0.1) is 5.82 Å². The third kappa shape index (κ3) is 8.62. The van der Waals surface area contributed by atoms with Crippen LogP contribution in [0.15, 0.2) is 78.0 Å². The molecule has 4 aromatic rings. The molecule has 0 radical (unpaired) electrons. The van der Waals surface area contributed by atoms with Gasteiger partial charge >= 0.3 is 12.4 Å². The highest BCUT2D eigenvalue weighted by atomic mass is 32.2. The fourth-order valence-electron chi connectivity index (χ4n) is 4.86. The SMILES string of the molecule is CC(C)c1cc(F)ccc1N1CCCS/C1=N\C(=O)NCCCc1ccc(-c2ncn(-c3ccc(OC(F)(F)F)cc3)n2)cc1. The summed E-state index contributed by atoms with van der Waals surface area (Å²) >= 11 is 1.52. The van der Waals surface area contributed by atoms with E-state index in [0.717, 1.165) is 41.0 Å². The Morgan fingerprint density at radius 1 is 1.09 bits per heavy atom. The van der Waals surface area contributed by atoms with Crippen molar-refractivity contribution in [3.8, 4) is 22.8 Å². The highest BCUT2D eigenvalue weighted by Gasteiger charge is 2.31. The summed E-state index contributed by atoms with van der Waals surface area (Å²) in [6.07, 6.45) is -0.876. The van der Waals surface area contributed by atoms with Gasteiger partial charge in [-0.1, -0.05) is 49.9 Å². The molecule has 8 nitrogen and oxygen atoms in total. The van der Waals surface area contributed by atoms with Crippen molar-refractivity contribution in [2.45, 2.75) is 45.4 Å². The highest BCUT2D eigenvalue weighted by Crippen LogP contribution is 2.33. The molecule has 45 heavy (non-hydrogen) atoms. The van der Waals surface area contributed by atoms with Gasteiger partial charge in [-0.2, -0.15) is 4.99 Å². The molecule has 0 saturated carbocycles. The largest absolute Gasteiger partial charge is 0.573 e. The van der Waals surface area contributed by atoms with E-state index in [4.69, 9.17) is 0 Å². The Kier molecular flexibility index (Phi) is 10.1. The van der Waals surface area contributed by atoms with Crippen LogP contribution in [0.1, 0.15) is 43.7 Å². The number of amidine groups is 1. The Bertz CT molecular complexity index is 1640. The highest BCUT2D eigenvalue weighted by molar-refractivity contribution is 8.14. The van der Waals surface area contributed by atoms with Crippen LogP contribution in [0.25, 0.3) is 17.1 Å². The average molecular weight is 641 g/mol. The number of anilines is 1. The smallest absolute Gasteiger partial charge is 0.406 e. The predicted molar refractivity (Wildman–Crippen MR) is 168 cm³/mol. The van der Waals surface area contributed by atoms with Gasteiger partial charge in [0.1, 0.15) is 17.9 Å². The quantitative estimate of drug-likeness (QED) is 0.149. The summed E-state index contributed by atoms with van der Waals surface area (Å²) in [7, 11) is 0. The van der Waals surface area contributed by atoms with Crippen LogP contribution in [-0.4, -0.2) is 51.2 Å². The molecule has 2 heterocycles. The Labute approximate surface area is 262 Å².